The molecule has 98 valence electrons. The fourth-order valence-electron chi connectivity index (χ4n) is 2.49. The van der Waals surface area contributed by atoms with Crippen LogP contribution < -0.4 is 5.32 Å². The Morgan fingerprint density at radius 2 is 2.10 bits per heavy atom. The molecule has 1 N–H and O–H groups in total. The average molecular weight is 284 g/mol. The fraction of sp³-hybridized carbons (Fsp3) is 0.0667. The van der Waals surface area contributed by atoms with Crippen LogP contribution in [0.2, 0.25) is 5.02 Å². The summed E-state index contributed by atoms with van der Waals surface area (Å²) in [6.45, 7) is 0. The maximum Gasteiger partial charge on any atom is 0.228 e. The second-order valence-corrected chi connectivity index (χ2v) is 5.27. The van der Waals surface area contributed by atoms with Gasteiger partial charge in [-0.1, -0.05) is 17.7 Å². The van der Waals surface area contributed by atoms with Gasteiger partial charge in [0, 0.05) is 23.6 Å². The van der Waals surface area contributed by atoms with Gasteiger partial charge < -0.3 is 9.72 Å². The molecule has 1 amide bonds. The van der Waals surface area contributed by atoms with Gasteiger partial charge in [-0.3, -0.25) is 4.79 Å². The van der Waals surface area contributed by atoms with E-state index in [-0.39, 0.29) is 5.91 Å². The number of hydrogen-bond acceptors (Lipinski definition) is 2. The molecule has 5 heteroatoms. The Hall–Kier alpha value is -2.33. The van der Waals surface area contributed by atoms with Crippen molar-refractivity contribution in [3.8, 4) is 11.3 Å². The smallest absolute Gasteiger partial charge is 0.228 e. The molecule has 20 heavy (non-hydrogen) atoms. The SMILES string of the molecule is O=C1Cc2cc(-c3cn4cc(Cl)ccc4n3)ccc2N1. The van der Waals surface area contributed by atoms with E-state index < -0.39 is 0 Å². The molecule has 4 rings (SSSR count). The number of nitrogens with one attached hydrogen (secondary N) is 1. The van der Waals surface area contributed by atoms with Gasteiger partial charge in [0.05, 0.1) is 17.1 Å². The van der Waals surface area contributed by atoms with Crippen LogP contribution in [0.15, 0.2) is 42.7 Å². The minimum atomic E-state index is 0.0407. The van der Waals surface area contributed by atoms with Crippen LogP contribution in [-0.4, -0.2) is 15.3 Å². The Morgan fingerprint density at radius 3 is 3.00 bits per heavy atom. The molecule has 1 aromatic carbocycles. The lowest BCUT2D eigenvalue weighted by molar-refractivity contribution is -0.115. The number of pyridine rings is 1. The van der Waals surface area contributed by atoms with Crippen molar-refractivity contribution in [1.82, 2.24) is 9.38 Å². The summed E-state index contributed by atoms with van der Waals surface area (Å²) >= 11 is 5.97. The lowest BCUT2D eigenvalue weighted by Crippen LogP contribution is -2.03. The number of rotatable bonds is 1. The van der Waals surface area contributed by atoms with Gasteiger partial charge in [0.25, 0.3) is 0 Å². The molecular weight excluding hydrogens is 274 g/mol. The van der Waals surface area contributed by atoms with Crippen molar-refractivity contribution < 1.29 is 4.79 Å². The normalized spacial score (nSPS) is 13.6. The predicted octanol–water partition coefficient (Wildman–Crippen LogP) is 3.15. The number of anilines is 1. The van der Waals surface area contributed by atoms with E-state index in [2.05, 4.69) is 10.3 Å². The number of amides is 1. The Morgan fingerprint density at radius 1 is 1.20 bits per heavy atom. The molecule has 0 spiro atoms. The average Bonchev–Trinajstić information content (AvgIpc) is 2.99. The van der Waals surface area contributed by atoms with Crippen molar-refractivity contribution in [2.24, 2.45) is 0 Å². The van der Waals surface area contributed by atoms with Gasteiger partial charge in [-0.25, -0.2) is 4.98 Å². The first-order valence-electron chi connectivity index (χ1n) is 6.26. The van der Waals surface area contributed by atoms with Gasteiger partial charge in [0.15, 0.2) is 0 Å². The van der Waals surface area contributed by atoms with E-state index in [1.165, 1.54) is 0 Å². The Bertz CT molecular complexity index is 853. The molecule has 4 nitrogen and oxygen atoms in total. The number of carbonyl (C=O) groups excluding carboxylic acids is 1. The van der Waals surface area contributed by atoms with Gasteiger partial charge in [-0.05, 0) is 29.8 Å². The summed E-state index contributed by atoms with van der Waals surface area (Å²) in [4.78, 5) is 15.9. The number of nitrogens with zero attached hydrogens (tertiary/aromatic N) is 2. The number of carbonyl (C=O) groups is 1. The summed E-state index contributed by atoms with van der Waals surface area (Å²) in [7, 11) is 0. The number of benzene rings is 1. The van der Waals surface area contributed by atoms with Gasteiger partial charge >= 0.3 is 0 Å². The van der Waals surface area contributed by atoms with Gasteiger partial charge in [0.1, 0.15) is 5.65 Å². The zero-order chi connectivity index (χ0) is 13.7. The van der Waals surface area contributed by atoms with Gasteiger partial charge in [-0.2, -0.15) is 0 Å². The third kappa shape index (κ3) is 1.77. The molecule has 0 radical (unpaired) electrons. The molecule has 3 heterocycles. The van der Waals surface area contributed by atoms with E-state index >= 15 is 0 Å². The maximum absolute atomic E-state index is 11.4. The quantitative estimate of drug-likeness (QED) is 0.746. The molecule has 0 fully saturated rings. The van der Waals surface area contributed by atoms with E-state index in [1.807, 2.05) is 47.1 Å². The standard InChI is InChI=1S/C15H10ClN3O/c16-11-2-4-14-17-13(8-19(14)7-11)9-1-3-12-10(5-9)6-15(20)18-12/h1-5,7-8H,6H2,(H,18,20). The monoisotopic (exact) mass is 283 g/mol. The number of hydrogen-bond donors (Lipinski definition) is 1. The van der Waals surface area contributed by atoms with Crippen molar-refractivity contribution in [1.29, 1.82) is 0 Å². The summed E-state index contributed by atoms with van der Waals surface area (Å²) in [5.74, 6) is 0.0407. The van der Waals surface area contributed by atoms with E-state index in [0.717, 1.165) is 28.2 Å². The highest BCUT2D eigenvalue weighted by Crippen LogP contribution is 2.29. The van der Waals surface area contributed by atoms with Crippen LogP contribution in [-0.2, 0) is 11.2 Å². The molecule has 1 aliphatic heterocycles. The number of aromatic nitrogens is 2. The third-order valence-electron chi connectivity index (χ3n) is 3.44. The number of fused-ring (bicyclic) bond motifs is 2. The highest BCUT2D eigenvalue weighted by Gasteiger charge is 2.18. The first kappa shape index (κ1) is 11.5. The van der Waals surface area contributed by atoms with Crippen molar-refractivity contribution in [2.45, 2.75) is 6.42 Å². The van der Waals surface area contributed by atoms with E-state index in [9.17, 15) is 4.79 Å². The van der Waals surface area contributed by atoms with Crippen LogP contribution in [0.3, 0.4) is 0 Å². The van der Waals surface area contributed by atoms with Crippen LogP contribution in [0.5, 0.6) is 0 Å². The van der Waals surface area contributed by atoms with Crippen LogP contribution in [0.1, 0.15) is 5.56 Å². The second kappa shape index (κ2) is 4.08. The first-order valence-corrected chi connectivity index (χ1v) is 6.64. The first-order chi connectivity index (χ1) is 9.69. The Balaban J connectivity index is 1.83. The summed E-state index contributed by atoms with van der Waals surface area (Å²) in [5, 5.41) is 3.50. The predicted molar refractivity (Wildman–Crippen MR) is 78.0 cm³/mol. The number of halogens is 1. The van der Waals surface area contributed by atoms with E-state index in [4.69, 9.17) is 11.6 Å². The van der Waals surface area contributed by atoms with Crippen molar-refractivity contribution in [3.63, 3.8) is 0 Å². The Labute approximate surface area is 120 Å². The van der Waals surface area contributed by atoms with Crippen LogP contribution in [0.4, 0.5) is 5.69 Å². The number of imidazole rings is 1. The van der Waals surface area contributed by atoms with Crippen LogP contribution in [0, 0.1) is 0 Å². The van der Waals surface area contributed by atoms with Crippen molar-refractivity contribution >= 4 is 28.8 Å². The summed E-state index contributed by atoms with van der Waals surface area (Å²) in [6.07, 6.45) is 4.20. The lowest BCUT2D eigenvalue weighted by atomic mass is 10.1. The Kier molecular flexibility index (Phi) is 2.35. The van der Waals surface area contributed by atoms with Crippen LogP contribution in [0.25, 0.3) is 16.9 Å². The molecule has 1 aliphatic rings. The topological polar surface area (TPSA) is 46.4 Å². The van der Waals surface area contributed by atoms with Gasteiger partial charge in [0.2, 0.25) is 5.91 Å². The highest BCUT2D eigenvalue weighted by molar-refractivity contribution is 6.30. The molecule has 0 atom stereocenters. The van der Waals surface area contributed by atoms with E-state index in [1.54, 1.807) is 0 Å². The minimum Gasteiger partial charge on any atom is -0.326 e. The zero-order valence-electron chi connectivity index (χ0n) is 10.4. The maximum atomic E-state index is 11.4. The zero-order valence-corrected chi connectivity index (χ0v) is 11.2. The fourth-order valence-corrected chi connectivity index (χ4v) is 2.66. The summed E-state index contributed by atoms with van der Waals surface area (Å²) in [6, 6.07) is 9.60. The lowest BCUT2D eigenvalue weighted by Gasteiger charge is -2.00. The molecule has 0 aliphatic carbocycles. The van der Waals surface area contributed by atoms with Crippen molar-refractivity contribution in [2.75, 3.05) is 5.32 Å². The van der Waals surface area contributed by atoms with E-state index in [0.29, 0.717) is 11.4 Å². The van der Waals surface area contributed by atoms with Gasteiger partial charge in [-0.15, -0.1) is 0 Å². The molecule has 2 aromatic heterocycles. The molecule has 0 saturated heterocycles. The molecule has 3 aromatic rings. The minimum absolute atomic E-state index is 0.0407. The molecule has 0 bridgehead atoms. The highest BCUT2D eigenvalue weighted by atomic mass is 35.5. The molecular formula is C15H10ClN3O. The third-order valence-corrected chi connectivity index (χ3v) is 3.66. The summed E-state index contributed by atoms with van der Waals surface area (Å²) in [5.41, 5.74) is 4.63. The molecule has 0 saturated carbocycles. The van der Waals surface area contributed by atoms with Crippen LogP contribution >= 0.6 is 11.6 Å². The largest absolute Gasteiger partial charge is 0.326 e. The molecule has 0 unspecified atom stereocenters. The summed E-state index contributed by atoms with van der Waals surface area (Å²) < 4.78 is 1.90. The van der Waals surface area contributed by atoms with Crippen molar-refractivity contribution in [3.05, 3.63) is 53.3 Å². The second-order valence-electron chi connectivity index (χ2n) is 4.84.